The Balaban J connectivity index is 1.61. The van der Waals surface area contributed by atoms with Crippen molar-refractivity contribution in [3.8, 4) is 22.3 Å². The molecule has 1 heterocycles. The van der Waals surface area contributed by atoms with Crippen molar-refractivity contribution in [3.05, 3.63) is 54.6 Å². The van der Waals surface area contributed by atoms with Crippen molar-refractivity contribution >= 4 is 265 Å². The van der Waals surface area contributed by atoms with Crippen LogP contribution in [0, 0.1) is 0 Å². The highest BCUT2D eigenvalue weighted by atomic mass is 16.3. The number of benzene rings is 8. The third-order valence-electron chi connectivity index (χ3n) is 11.2. The molecular weight excluding hydrogens is 659 g/mol. The molecule has 30 radical (unpaired) electrons. The van der Waals surface area contributed by atoms with Gasteiger partial charge >= 0.3 is 0 Å². The van der Waals surface area contributed by atoms with E-state index in [9.17, 15) is 0 Å². The minimum Gasteiger partial charge on any atom is -0.457 e. The molecule has 0 saturated heterocycles. The Morgan fingerprint density at radius 3 is 1.18 bits per heavy atom. The van der Waals surface area contributed by atoms with Gasteiger partial charge in [0.15, 0.2) is 0 Å². The maximum absolute atomic E-state index is 7.11. The minimum absolute atomic E-state index is 0.00121. The van der Waals surface area contributed by atoms with E-state index < -0.39 is 0 Å². The second kappa shape index (κ2) is 12.8. The van der Waals surface area contributed by atoms with E-state index in [0.717, 1.165) is 21.5 Å². The summed E-state index contributed by atoms with van der Waals surface area (Å²) in [4.78, 5) is 0. The van der Waals surface area contributed by atoms with Gasteiger partial charge < -0.3 is 4.42 Å². The smallest absolute Gasteiger partial charge is 0.128 e. The van der Waals surface area contributed by atoms with Crippen molar-refractivity contribution in [1.82, 2.24) is 0 Å². The zero-order valence-corrected chi connectivity index (χ0v) is 29.8. The summed E-state index contributed by atoms with van der Waals surface area (Å²) in [6.45, 7) is 0. The van der Waals surface area contributed by atoms with Gasteiger partial charge in [-0.3, -0.25) is 0 Å². The third kappa shape index (κ3) is 4.71. The Kier molecular flexibility index (Phi) is 8.49. The summed E-state index contributed by atoms with van der Waals surface area (Å²) in [6, 6.07) is 17.9. The van der Waals surface area contributed by atoms with Crippen molar-refractivity contribution in [2.24, 2.45) is 0 Å². The zero-order chi connectivity index (χ0) is 40.0. The molecule has 0 aliphatic rings. The van der Waals surface area contributed by atoms with E-state index in [1.165, 1.54) is 0 Å². The lowest BCUT2D eigenvalue weighted by Crippen LogP contribution is -2.50. The maximum atomic E-state index is 7.11. The highest BCUT2D eigenvalue weighted by Crippen LogP contribution is 2.44. The van der Waals surface area contributed by atoms with E-state index in [1.54, 1.807) is 0 Å². The van der Waals surface area contributed by atoms with Gasteiger partial charge in [-0.05, 0) is 76.9 Å². The molecule has 8 aromatic carbocycles. The summed E-state index contributed by atoms with van der Waals surface area (Å²) in [5, 5.41) is 5.58. The summed E-state index contributed by atoms with van der Waals surface area (Å²) in [5.74, 6) is 0. The molecule has 56 heavy (non-hydrogen) atoms. The van der Waals surface area contributed by atoms with Gasteiger partial charge in [-0.25, -0.2) is 0 Å². The fourth-order valence-electron chi connectivity index (χ4n) is 8.40. The highest BCUT2D eigenvalue weighted by molar-refractivity contribution is 6.73. The highest BCUT2D eigenvalue weighted by Gasteiger charge is 2.29. The van der Waals surface area contributed by atoms with Crippen LogP contribution in [-0.2, 0) is 0 Å². The van der Waals surface area contributed by atoms with Crippen LogP contribution in [-0.4, -0.2) is 118 Å². The van der Waals surface area contributed by atoms with Gasteiger partial charge in [0.05, 0.1) is 0 Å². The number of hydrogen-bond donors (Lipinski definition) is 0. The number of rotatable bonds is 2. The van der Waals surface area contributed by atoms with Gasteiger partial charge in [-0.15, -0.1) is 32.8 Å². The molecule has 0 aliphatic carbocycles. The standard InChI is InChI=1S/C40H9B15O/c41-24-17-15(14-9-10-5-1-2-6-11(10)12-7-3-4-8-13(12)14)18-20(27(44)35(52)33(50)25(18)42)16(19(17)26(43)34(51)32(24)49)21-28(45)29(46)22-23-30(47)36(53)37(54)38(55)40(23)56-39(22)31(21)48/h1-9H. The quantitative estimate of drug-likeness (QED) is 0.102. The number of hydrogen-bond acceptors (Lipinski definition) is 1. The molecule has 220 valence electrons. The van der Waals surface area contributed by atoms with Crippen LogP contribution in [0.25, 0.3) is 87.3 Å². The van der Waals surface area contributed by atoms with E-state index in [-0.39, 0.29) is 126 Å². The molecule has 0 amide bonds. The van der Waals surface area contributed by atoms with E-state index in [2.05, 4.69) is 0 Å². The summed E-state index contributed by atoms with van der Waals surface area (Å²) in [5.41, 5.74) is 2.30. The monoisotopic (exact) mass is 670 g/mol. The molecule has 0 unspecified atom stereocenters. The molecule has 9 rings (SSSR count). The average molecular weight is 668 g/mol. The number of fused-ring (bicyclic) bond motifs is 8. The molecule has 0 N–H and O–H groups in total. The van der Waals surface area contributed by atoms with Gasteiger partial charge in [-0.1, -0.05) is 92.2 Å². The first-order valence-electron chi connectivity index (χ1n) is 17.2. The Morgan fingerprint density at radius 1 is 0.286 bits per heavy atom. The van der Waals surface area contributed by atoms with Gasteiger partial charge in [0.2, 0.25) is 0 Å². The van der Waals surface area contributed by atoms with Crippen LogP contribution < -0.4 is 81.9 Å². The Hall–Kier alpha value is -4.43. The molecular formula is C40H9B15O. The lowest BCUT2D eigenvalue weighted by atomic mass is 9.58. The van der Waals surface area contributed by atoms with Crippen LogP contribution in [0.4, 0.5) is 0 Å². The zero-order valence-electron chi connectivity index (χ0n) is 29.8. The fourth-order valence-corrected chi connectivity index (χ4v) is 8.40. The molecule has 9 aromatic rings. The molecule has 1 nitrogen and oxygen atoms in total. The molecule has 1 aromatic heterocycles. The molecule has 0 bridgehead atoms. The van der Waals surface area contributed by atoms with Gasteiger partial charge in [0.1, 0.15) is 129 Å². The summed E-state index contributed by atoms with van der Waals surface area (Å²) >= 11 is 0. The van der Waals surface area contributed by atoms with Crippen molar-refractivity contribution in [2.45, 2.75) is 0 Å². The summed E-state index contributed by atoms with van der Waals surface area (Å²) in [6.07, 6.45) is 0. The molecule has 0 atom stereocenters. The van der Waals surface area contributed by atoms with Gasteiger partial charge in [0.25, 0.3) is 0 Å². The molecule has 16 heteroatoms. The lowest BCUT2D eigenvalue weighted by Gasteiger charge is -2.30. The summed E-state index contributed by atoms with van der Waals surface area (Å²) in [7, 11) is 101. The first-order chi connectivity index (χ1) is 26.6. The SMILES string of the molecule is [B]c1c([B])c([B])c2c(oc3c([B])c(-c4c5c([B])c([B])c([B])c([B])c5c(-c5cc6ccccc6c6ccccc56)c5c([B])c([B])c([B])c([B])c45)c([B])c([B])c32)c1[B]. The molecule has 0 fully saturated rings. The molecule has 0 saturated carbocycles. The van der Waals surface area contributed by atoms with E-state index >= 15 is 0 Å². The first kappa shape index (κ1) is 37.2. The van der Waals surface area contributed by atoms with Crippen LogP contribution in [0.5, 0.6) is 0 Å². The van der Waals surface area contributed by atoms with Crippen molar-refractivity contribution in [1.29, 1.82) is 0 Å². The second-order valence-corrected chi connectivity index (χ2v) is 14.0. The fraction of sp³-hybridized carbons (Fsp3) is 0. The molecule has 0 aliphatic heterocycles. The minimum atomic E-state index is -0.0145. The van der Waals surface area contributed by atoms with Crippen LogP contribution in [0.15, 0.2) is 59.0 Å². The Bertz CT molecular complexity index is 3230. The van der Waals surface area contributed by atoms with Gasteiger partial charge in [-0.2, -0.15) is 0 Å². The van der Waals surface area contributed by atoms with Crippen LogP contribution >= 0.6 is 0 Å². The normalized spacial score (nSPS) is 11.9. The number of furan rings is 1. The predicted octanol–water partition coefficient (Wildman–Crippen LogP) is -6.56. The second-order valence-electron chi connectivity index (χ2n) is 14.0. The average Bonchev–Trinajstić information content (AvgIpc) is 3.62. The van der Waals surface area contributed by atoms with Crippen LogP contribution in [0.2, 0.25) is 0 Å². The Morgan fingerprint density at radius 2 is 0.661 bits per heavy atom. The summed E-state index contributed by atoms with van der Waals surface area (Å²) < 4.78 is 6.33. The largest absolute Gasteiger partial charge is 0.457 e. The van der Waals surface area contributed by atoms with Crippen LogP contribution in [0.3, 0.4) is 0 Å². The Labute approximate surface area is 344 Å². The lowest BCUT2D eigenvalue weighted by molar-refractivity contribution is 0.675. The van der Waals surface area contributed by atoms with Crippen molar-refractivity contribution < 1.29 is 4.42 Å². The van der Waals surface area contributed by atoms with E-state index in [1.807, 2.05) is 54.6 Å². The van der Waals surface area contributed by atoms with Gasteiger partial charge in [0, 0.05) is 10.8 Å². The third-order valence-corrected chi connectivity index (χ3v) is 11.2. The van der Waals surface area contributed by atoms with E-state index in [0.29, 0.717) is 21.9 Å². The van der Waals surface area contributed by atoms with Crippen molar-refractivity contribution in [2.75, 3.05) is 0 Å². The maximum Gasteiger partial charge on any atom is 0.128 e. The first-order valence-corrected chi connectivity index (χ1v) is 17.2. The topological polar surface area (TPSA) is 13.1 Å². The van der Waals surface area contributed by atoms with Crippen LogP contribution in [0.1, 0.15) is 0 Å². The molecule has 0 spiro atoms. The predicted molar refractivity (Wildman–Crippen MR) is 255 cm³/mol. The van der Waals surface area contributed by atoms with E-state index in [4.69, 9.17) is 122 Å². The van der Waals surface area contributed by atoms with Crippen molar-refractivity contribution in [3.63, 3.8) is 0 Å².